The van der Waals surface area contributed by atoms with Crippen molar-refractivity contribution in [2.75, 3.05) is 43.4 Å². The topological polar surface area (TPSA) is 42.0 Å². The van der Waals surface area contributed by atoms with Crippen LogP contribution in [0.2, 0.25) is 0 Å². The molecule has 2 atom stereocenters. The number of hydrogen-bond acceptors (Lipinski definition) is 5. The van der Waals surface area contributed by atoms with Gasteiger partial charge in [-0.3, -0.25) is 9.69 Å². The summed E-state index contributed by atoms with van der Waals surface area (Å²) in [5, 5.41) is 0. The third kappa shape index (κ3) is 4.53. The van der Waals surface area contributed by atoms with E-state index in [0.717, 1.165) is 56.9 Å². The number of carbonyl (C=O) groups excluding carboxylic acids is 1. The van der Waals surface area contributed by atoms with Crippen LogP contribution >= 0.6 is 11.8 Å². The maximum absolute atomic E-state index is 13.2. The van der Waals surface area contributed by atoms with Gasteiger partial charge in [-0.15, -0.1) is 11.8 Å². The second-order valence-electron chi connectivity index (χ2n) is 8.65. The fourth-order valence-electron chi connectivity index (χ4n) is 5.00. The number of ether oxygens (including phenoxy) is 2. The number of fused-ring (bicyclic) bond motifs is 1. The van der Waals surface area contributed by atoms with Crippen molar-refractivity contribution < 1.29 is 14.3 Å². The average molecular weight is 439 g/mol. The molecule has 0 radical (unpaired) electrons. The summed E-state index contributed by atoms with van der Waals surface area (Å²) < 4.78 is 12.7. The zero-order valence-corrected chi connectivity index (χ0v) is 18.7. The molecule has 2 aromatic rings. The number of nitrogens with zero attached hydrogens (tertiary/aromatic N) is 2. The van der Waals surface area contributed by atoms with Crippen LogP contribution < -0.4 is 4.90 Å². The number of likely N-dealkylation sites (tertiary alicyclic amines) is 1. The van der Waals surface area contributed by atoms with Gasteiger partial charge >= 0.3 is 0 Å². The maximum Gasteiger partial charge on any atom is 0.241 e. The van der Waals surface area contributed by atoms with Crippen molar-refractivity contribution in [3.63, 3.8) is 0 Å². The summed E-state index contributed by atoms with van der Waals surface area (Å²) >= 11 is 1.83. The third-order valence-electron chi connectivity index (χ3n) is 6.68. The molecule has 0 unspecified atom stereocenters. The molecule has 5 nitrogen and oxygen atoms in total. The summed E-state index contributed by atoms with van der Waals surface area (Å²) in [6.07, 6.45) is 3.05. The molecule has 3 aliphatic heterocycles. The SMILES string of the molecule is O=C(CN1CC[C@@]2(CCCO2)[C@@H](OCc2ccccc2)C1)N1CCSc2ccccc21. The quantitative estimate of drug-likeness (QED) is 0.707. The number of rotatable bonds is 5. The molecule has 0 bridgehead atoms. The predicted molar refractivity (Wildman–Crippen MR) is 124 cm³/mol. The largest absolute Gasteiger partial charge is 0.372 e. The molecule has 6 heteroatoms. The highest BCUT2D eigenvalue weighted by molar-refractivity contribution is 7.99. The van der Waals surface area contributed by atoms with Gasteiger partial charge in [0, 0.05) is 36.9 Å². The Morgan fingerprint density at radius 3 is 2.77 bits per heavy atom. The Morgan fingerprint density at radius 2 is 1.94 bits per heavy atom. The molecule has 0 saturated carbocycles. The fraction of sp³-hybridized carbons (Fsp3) is 0.480. The van der Waals surface area contributed by atoms with Gasteiger partial charge in [0.1, 0.15) is 0 Å². The lowest BCUT2D eigenvalue weighted by atomic mass is 9.85. The van der Waals surface area contributed by atoms with E-state index in [1.165, 1.54) is 10.5 Å². The van der Waals surface area contributed by atoms with Gasteiger partial charge in [-0.25, -0.2) is 0 Å². The second kappa shape index (κ2) is 9.33. The third-order valence-corrected chi connectivity index (χ3v) is 7.72. The number of anilines is 1. The summed E-state index contributed by atoms with van der Waals surface area (Å²) in [7, 11) is 0. The first kappa shape index (κ1) is 21.0. The van der Waals surface area contributed by atoms with Crippen LogP contribution in [0.15, 0.2) is 59.5 Å². The van der Waals surface area contributed by atoms with Crippen molar-refractivity contribution >= 4 is 23.4 Å². The number of benzene rings is 2. The molecule has 2 saturated heterocycles. The average Bonchev–Trinajstić information content (AvgIpc) is 3.29. The lowest BCUT2D eigenvalue weighted by molar-refractivity contribution is -0.160. The van der Waals surface area contributed by atoms with Gasteiger partial charge in [0.25, 0.3) is 0 Å². The molecule has 1 spiro atoms. The van der Waals surface area contributed by atoms with Gasteiger partial charge in [-0.05, 0) is 37.0 Å². The molecule has 0 aliphatic carbocycles. The van der Waals surface area contributed by atoms with Gasteiger partial charge in [-0.2, -0.15) is 0 Å². The molecule has 164 valence electrons. The van der Waals surface area contributed by atoms with Crippen molar-refractivity contribution in [3.05, 3.63) is 60.2 Å². The van der Waals surface area contributed by atoms with E-state index in [-0.39, 0.29) is 17.6 Å². The fourth-order valence-corrected chi connectivity index (χ4v) is 5.99. The zero-order chi connectivity index (χ0) is 21.1. The van der Waals surface area contributed by atoms with Crippen LogP contribution in [0.5, 0.6) is 0 Å². The van der Waals surface area contributed by atoms with Crippen LogP contribution in [0.3, 0.4) is 0 Å². The second-order valence-corrected chi connectivity index (χ2v) is 9.79. The first-order valence-electron chi connectivity index (χ1n) is 11.3. The van der Waals surface area contributed by atoms with Crippen LogP contribution in [0.25, 0.3) is 0 Å². The van der Waals surface area contributed by atoms with Crippen molar-refractivity contribution in [2.24, 2.45) is 0 Å². The number of amides is 1. The standard InChI is InChI=1S/C25H30N2O3S/c28-24(27-14-16-31-22-10-5-4-9-21(22)27)18-26-13-12-25(11-6-15-30-25)23(17-26)29-19-20-7-2-1-3-8-20/h1-5,7-10,23H,6,11-19H2/t23-,25-/m0/s1. The Kier molecular flexibility index (Phi) is 6.32. The van der Waals surface area contributed by atoms with Crippen molar-refractivity contribution in [1.29, 1.82) is 0 Å². The van der Waals surface area contributed by atoms with E-state index in [9.17, 15) is 4.79 Å². The molecule has 0 aromatic heterocycles. The summed E-state index contributed by atoms with van der Waals surface area (Å²) in [5.41, 5.74) is 2.03. The molecule has 31 heavy (non-hydrogen) atoms. The first-order valence-corrected chi connectivity index (χ1v) is 12.3. The molecule has 5 rings (SSSR count). The number of carbonyl (C=O) groups is 1. The summed E-state index contributed by atoms with van der Waals surface area (Å²) in [5.74, 6) is 1.13. The number of piperidine rings is 1. The highest BCUT2D eigenvalue weighted by atomic mass is 32.2. The lowest BCUT2D eigenvalue weighted by Crippen LogP contribution is -2.58. The minimum atomic E-state index is -0.192. The lowest BCUT2D eigenvalue weighted by Gasteiger charge is -2.45. The number of thioether (sulfide) groups is 1. The monoisotopic (exact) mass is 438 g/mol. The van der Waals surface area contributed by atoms with E-state index in [1.807, 2.05) is 47.0 Å². The summed E-state index contributed by atoms with van der Waals surface area (Å²) in [4.78, 5) is 18.6. The van der Waals surface area contributed by atoms with E-state index < -0.39 is 0 Å². The molecule has 2 fully saturated rings. The molecule has 0 N–H and O–H groups in total. The number of hydrogen-bond donors (Lipinski definition) is 0. The van der Waals surface area contributed by atoms with Crippen molar-refractivity contribution in [1.82, 2.24) is 4.90 Å². The van der Waals surface area contributed by atoms with Crippen LogP contribution in [0.4, 0.5) is 5.69 Å². The van der Waals surface area contributed by atoms with Crippen LogP contribution in [-0.2, 0) is 20.9 Å². The Morgan fingerprint density at radius 1 is 1.10 bits per heavy atom. The summed E-state index contributed by atoms with van der Waals surface area (Å²) in [6.45, 7) is 4.21. The van der Waals surface area contributed by atoms with Crippen LogP contribution in [-0.4, -0.2) is 61.1 Å². The molecule has 2 aromatic carbocycles. The highest BCUT2D eigenvalue weighted by Gasteiger charge is 2.47. The van der Waals surface area contributed by atoms with Crippen LogP contribution in [0.1, 0.15) is 24.8 Å². The van der Waals surface area contributed by atoms with Gasteiger partial charge in [0.2, 0.25) is 5.91 Å². The summed E-state index contributed by atoms with van der Waals surface area (Å²) in [6, 6.07) is 18.5. The highest BCUT2D eigenvalue weighted by Crippen LogP contribution is 2.38. The minimum absolute atomic E-state index is 0.0130. The Labute approximate surface area is 188 Å². The van der Waals surface area contributed by atoms with Gasteiger partial charge < -0.3 is 14.4 Å². The predicted octanol–water partition coefficient (Wildman–Crippen LogP) is 3.97. The van der Waals surface area contributed by atoms with Crippen molar-refractivity contribution in [3.8, 4) is 0 Å². The Balaban J connectivity index is 1.26. The maximum atomic E-state index is 13.2. The molecule has 1 amide bonds. The van der Waals surface area contributed by atoms with Crippen molar-refractivity contribution in [2.45, 2.75) is 42.5 Å². The molecule has 3 heterocycles. The van der Waals surface area contributed by atoms with E-state index in [1.54, 1.807) is 0 Å². The van der Waals surface area contributed by atoms with Gasteiger partial charge in [0.05, 0.1) is 30.5 Å². The Bertz CT molecular complexity index is 901. The smallest absolute Gasteiger partial charge is 0.241 e. The van der Waals surface area contributed by atoms with E-state index in [2.05, 4.69) is 29.2 Å². The van der Waals surface area contributed by atoms with Gasteiger partial charge in [0.15, 0.2) is 0 Å². The minimum Gasteiger partial charge on any atom is -0.372 e. The number of para-hydroxylation sites is 1. The molecule has 3 aliphatic rings. The molecular formula is C25H30N2O3S. The first-order chi connectivity index (χ1) is 15.2. The van der Waals surface area contributed by atoms with Gasteiger partial charge in [-0.1, -0.05) is 42.5 Å². The van der Waals surface area contributed by atoms with E-state index in [0.29, 0.717) is 13.2 Å². The zero-order valence-electron chi connectivity index (χ0n) is 17.9. The normalized spacial score (nSPS) is 26.2. The van der Waals surface area contributed by atoms with Crippen LogP contribution in [0, 0.1) is 0 Å². The Hall–Kier alpha value is -1.86. The molecular weight excluding hydrogens is 408 g/mol. The van der Waals surface area contributed by atoms with E-state index >= 15 is 0 Å². The van der Waals surface area contributed by atoms with E-state index in [4.69, 9.17) is 9.47 Å².